The molecule has 0 radical (unpaired) electrons. The van der Waals surface area contributed by atoms with Crippen LogP contribution in [-0.4, -0.2) is 26.0 Å². The van der Waals surface area contributed by atoms with Crippen molar-refractivity contribution in [3.63, 3.8) is 0 Å². The molecule has 0 aromatic carbocycles. The van der Waals surface area contributed by atoms with E-state index in [-0.39, 0.29) is 5.92 Å². The first-order valence-electron chi connectivity index (χ1n) is 6.33. The van der Waals surface area contributed by atoms with E-state index in [1.54, 1.807) is 12.4 Å². The number of rotatable bonds is 2. The van der Waals surface area contributed by atoms with E-state index in [0.29, 0.717) is 25.1 Å². The van der Waals surface area contributed by atoms with Crippen LogP contribution in [-0.2, 0) is 17.6 Å². The standard InChI is InChI=1S/C14H12BrN3O2/c15-10-2-4-12(16-7-10)13-17-6-9-5-8(14(19)20)1-3-11(9)18-13/h2,4,6-8H,1,3,5H2,(H,19,20). The van der Waals surface area contributed by atoms with Crippen molar-refractivity contribution in [2.24, 2.45) is 5.92 Å². The van der Waals surface area contributed by atoms with Crippen LogP contribution in [0.2, 0.25) is 0 Å². The Morgan fingerprint density at radius 3 is 2.85 bits per heavy atom. The molecule has 0 fully saturated rings. The molecular weight excluding hydrogens is 322 g/mol. The molecule has 1 N–H and O–H groups in total. The van der Waals surface area contributed by atoms with Gasteiger partial charge in [0.1, 0.15) is 5.69 Å². The molecule has 1 unspecified atom stereocenters. The average Bonchev–Trinajstić information content (AvgIpc) is 2.47. The number of hydrogen-bond acceptors (Lipinski definition) is 4. The second-order valence-electron chi connectivity index (χ2n) is 4.81. The number of hydrogen-bond donors (Lipinski definition) is 1. The molecule has 0 saturated carbocycles. The van der Waals surface area contributed by atoms with Crippen molar-refractivity contribution in [3.8, 4) is 11.5 Å². The zero-order valence-electron chi connectivity index (χ0n) is 10.6. The van der Waals surface area contributed by atoms with Gasteiger partial charge in [-0.2, -0.15) is 0 Å². The van der Waals surface area contributed by atoms with Crippen LogP contribution in [0.15, 0.2) is 29.0 Å². The van der Waals surface area contributed by atoms with Crippen LogP contribution in [0.4, 0.5) is 0 Å². The fourth-order valence-electron chi connectivity index (χ4n) is 2.35. The number of pyridine rings is 1. The Morgan fingerprint density at radius 1 is 1.30 bits per heavy atom. The fourth-order valence-corrected chi connectivity index (χ4v) is 2.58. The molecule has 102 valence electrons. The first kappa shape index (κ1) is 13.2. The molecule has 2 aromatic rings. The summed E-state index contributed by atoms with van der Waals surface area (Å²) in [6.45, 7) is 0. The Morgan fingerprint density at radius 2 is 2.15 bits per heavy atom. The number of halogens is 1. The van der Waals surface area contributed by atoms with Crippen molar-refractivity contribution < 1.29 is 9.90 Å². The van der Waals surface area contributed by atoms with Gasteiger partial charge in [-0.05, 0) is 52.9 Å². The maximum Gasteiger partial charge on any atom is 0.306 e. The minimum absolute atomic E-state index is 0.317. The van der Waals surface area contributed by atoms with Gasteiger partial charge in [0.15, 0.2) is 5.82 Å². The lowest BCUT2D eigenvalue weighted by atomic mass is 9.87. The summed E-state index contributed by atoms with van der Waals surface area (Å²) in [7, 11) is 0. The number of aryl methyl sites for hydroxylation is 1. The van der Waals surface area contributed by atoms with Gasteiger partial charge in [-0.1, -0.05) is 0 Å². The maximum absolute atomic E-state index is 11.0. The molecule has 20 heavy (non-hydrogen) atoms. The van der Waals surface area contributed by atoms with Crippen LogP contribution >= 0.6 is 15.9 Å². The number of carboxylic acid groups (broad SMARTS) is 1. The summed E-state index contributed by atoms with van der Waals surface area (Å²) in [6, 6.07) is 3.75. The van der Waals surface area contributed by atoms with Gasteiger partial charge in [0.2, 0.25) is 0 Å². The Kier molecular flexibility index (Phi) is 3.48. The normalized spacial score (nSPS) is 17.6. The monoisotopic (exact) mass is 333 g/mol. The molecule has 3 rings (SSSR count). The zero-order chi connectivity index (χ0) is 14.1. The smallest absolute Gasteiger partial charge is 0.306 e. The summed E-state index contributed by atoms with van der Waals surface area (Å²) in [4.78, 5) is 24.1. The van der Waals surface area contributed by atoms with Crippen molar-refractivity contribution in [2.75, 3.05) is 0 Å². The van der Waals surface area contributed by atoms with Gasteiger partial charge in [-0.15, -0.1) is 0 Å². The van der Waals surface area contributed by atoms with E-state index in [4.69, 9.17) is 5.11 Å². The van der Waals surface area contributed by atoms with Crippen LogP contribution in [0.5, 0.6) is 0 Å². The van der Waals surface area contributed by atoms with Crippen molar-refractivity contribution in [3.05, 3.63) is 40.3 Å². The summed E-state index contributed by atoms with van der Waals surface area (Å²) >= 11 is 3.34. The summed E-state index contributed by atoms with van der Waals surface area (Å²) in [5.41, 5.74) is 2.60. The quantitative estimate of drug-likeness (QED) is 0.913. The van der Waals surface area contributed by atoms with E-state index in [2.05, 4.69) is 30.9 Å². The molecule has 1 atom stereocenters. The molecule has 2 aromatic heterocycles. The van der Waals surface area contributed by atoms with E-state index < -0.39 is 5.97 Å². The molecule has 5 nitrogen and oxygen atoms in total. The Balaban J connectivity index is 1.91. The molecule has 0 amide bonds. The third kappa shape index (κ3) is 2.56. The predicted molar refractivity (Wildman–Crippen MR) is 76.1 cm³/mol. The highest BCUT2D eigenvalue weighted by atomic mass is 79.9. The molecule has 1 aliphatic carbocycles. The number of nitrogens with zero attached hydrogens (tertiary/aromatic N) is 3. The minimum Gasteiger partial charge on any atom is -0.481 e. The molecule has 0 aliphatic heterocycles. The number of carboxylic acids is 1. The van der Waals surface area contributed by atoms with Crippen molar-refractivity contribution in [1.82, 2.24) is 15.0 Å². The van der Waals surface area contributed by atoms with E-state index in [9.17, 15) is 4.79 Å². The van der Waals surface area contributed by atoms with Crippen LogP contribution in [0.25, 0.3) is 11.5 Å². The molecule has 1 aliphatic rings. The van der Waals surface area contributed by atoms with Gasteiger partial charge < -0.3 is 5.11 Å². The molecule has 0 saturated heterocycles. The SMILES string of the molecule is O=C(O)C1CCc2nc(-c3ccc(Br)cn3)ncc2C1. The summed E-state index contributed by atoms with van der Waals surface area (Å²) in [5.74, 6) is -0.470. The third-order valence-electron chi connectivity index (χ3n) is 3.46. The van der Waals surface area contributed by atoms with Crippen LogP contribution < -0.4 is 0 Å². The zero-order valence-corrected chi connectivity index (χ0v) is 12.2. The first-order chi connectivity index (χ1) is 9.63. The Bertz CT molecular complexity index is 658. The lowest BCUT2D eigenvalue weighted by molar-refractivity contribution is -0.142. The van der Waals surface area contributed by atoms with Gasteiger partial charge in [0, 0.05) is 22.6 Å². The van der Waals surface area contributed by atoms with Crippen LogP contribution in [0.1, 0.15) is 17.7 Å². The number of aliphatic carboxylic acids is 1. The topological polar surface area (TPSA) is 76.0 Å². The lowest BCUT2D eigenvalue weighted by Crippen LogP contribution is -2.23. The first-order valence-corrected chi connectivity index (χ1v) is 7.12. The maximum atomic E-state index is 11.0. The molecule has 2 heterocycles. The summed E-state index contributed by atoms with van der Waals surface area (Å²) < 4.78 is 0.906. The lowest BCUT2D eigenvalue weighted by Gasteiger charge is -2.20. The van der Waals surface area contributed by atoms with Crippen molar-refractivity contribution in [2.45, 2.75) is 19.3 Å². The molecule has 6 heteroatoms. The highest BCUT2D eigenvalue weighted by Crippen LogP contribution is 2.25. The van der Waals surface area contributed by atoms with Gasteiger partial charge in [-0.3, -0.25) is 9.78 Å². The van der Waals surface area contributed by atoms with Gasteiger partial charge in [-0.25, -0.2) is 9.97 Å². The Hall–Kier alpha value is -1.82. The van der Waals surface area contributed by atoms with Gasteiger partial charge >= 0.3 is 5.97 Å². The molecule has 0 spiro atoms. The van der Waals surface area contributed by atoms with E-state index in [0.717, 1.165) is 21.4 Å². The second-order valence-corrected chi connectivity index (χ2v) is 5.72. The molecular formula is C14H12BrN3O2. The number of carbonyl (C=O) groups is 1. The van der Waals surface area contributed by atoms with Crippen LogP contribution in [0.3, 0.4) is 0 Å². The third-order valence-corrected chi connectivity index (χ3v) is 3.92. The average molecular weight is 334 g/mol. The van der Waals surface area contributed by atoms with Crippen molar-refractivity contribution >= 4 is 21.9 Å². The van der Waals surface area contributed by atoms with E-state index in [1.165, 1.54) is 0 Å². The van der Waals surface area contributed by atoms with E-state index in [1.807, 2.05) is 12.1 Å². The number of aromatic nitrogens is 3. The minimum atomic E-state index is -0.741. The highest BCUT2D eigenvalue weighted by molar-refractivity contribution is 9.10. The molecule has 0 bridgehead atoms. The fraction of sp³-hybridized carbons (Fsp3) is 0.286. The van der Waals surface area contributed by atoms with Gasteiger partial charge in [0.05, 0.1) is 5.92 Å². The second kappa shape index (κ2) is 5.28. The Labute approximate surface area is 124 Å². The van der Waals surface area contributed by atoms with Crippen molar-refractivity contribution in [1.29, 1.82) is 0 Å². The number of fused-ring (bicyclic) bond motifs is 1. The van der Waals surface area contributed by atoms with E-state index >= 15 is 0 Å². The summed E-state index contributed by atoms with van der Waals surface area (Å²) in [6.07, 6.45) is 5.26. The van der Waals surface area contributed by atoms with Crippen LogP contribution in [0, 0.1) is 5.92 Å². The summed E-state index contributed by atoms with van der Waals surface area (Å²) in [5, 5.41) is 9.07. The highest BCUT2D eigenvalue weighted by Gasteiger charge is 2.25. The largest absolute Gasteiger partial charge is 0.481 e. The van der Waals surface area contributed by atoms with Gasteiger partial charge in [0.25, 0.3) is 0 Å². The predicted octanol–water partition coefficient (Wildman–Crippen LogP) is 2.49.